The molecule has 5 heteroatoms. The number of carbonyl (C=O) groups excluding carboxylic acids is 1. The first-order valence-corrected chi connectivity index (χ1v) is 7.11. The van der Waals surface area contributed by atoms with E-state index in [1.165, 1.54) is 12.2 Å². The van der Waals surface area contributed by atoms with E-state index in [1.807, 2.05) is 0 Å². The van der Waals surface area contributed by atoms with Gasteiger partial charge in [0.15, 0.2) is 0 Å². The number of hydrogen-bond donors (Lipinski definition) is 0. The summed E-state index contributed by atoms with van der Waals surface area (Å²) in [6, 6.07) is 0. The van der Waals surface area contributed by atoms with Crippen molar-refractivity contribution in [3.63, 3.8) is 0 Å². The molecule has 112 valence electrons. The Morgan fingerprint density at radius 1 is 0.900 bits per heavy atom. The van der Waals surface area contributed by atoms with Crippen LogP contribution in [0.1, 0.15) is 38.5 Å². The topological polar surface area (TPSA) is 54.0 Å². The van der Waals surface area contributed by atoms with Crippen molar-refractivity contribution in [1.82, 2.24) is 0 Å². The highest BCUT2D eigenvalue weighted by Gasteiger charge is 2.40. The molecular weight excluding hydrogens is 260 g/mol. The molecule has 2 fully saturated rings. The molecule has 0 aromatic heterocycles. The van der Waals surface area contributed by atoms with E-state index in [0.29, 0.717) is 26.1 Å². The third kappa shape index (κ3) is 3.41. The van der Waals surface area contributed by atoms with Gasteiger partial charge in [-0.25, -0.2) is 4.79 Å². The third-order valence-corrected chi connectivity index (χ3v) is 3.67. The van der Waals surface area contributed by atoms with Crippen molar-refractivity contribution in [3.05, 3.63) is 25.3 Å². The summed E-state index contributed by atoms with van der Waals surface area (Å²) in [4.78, 5) is 12.0. The fourth-order valence-electron chi connectivity index (χ4n) is 2.45. The zero-order valence-corrected chi connectivity index (χ0v) is 11.8. The Bertz CT molecular complexity index is 330. The lowest BCUT2D eigenvalue weighted by atomic mass is 10.1. The molecule has 2 heterocycles. The van der Waals surface area contributed by atoms with E-state index >= 15 is 0 Å². The van der Waals surface area contributed by atoms with Gasteiger partial charge in [0.25, 0.3) is 0 Å². The highest BCUT2D eigenvalue weighted by Crippen LogP contribution is 2.31. The molecule has 0 aromatic carbocycles. The molecule has 0 spiro atoms. The monoisotopic (exact) mass is 282 g/mol. The first-order chi connectivity index (χ1) is 9.64. The van der Waals surface area contributed by atoms with Crippen LogP contribution in [0.15, 0.2) is 25.3 Å². The zero-order valence-electron chi connectivity index (χ0n) is 11.8. The second kappa shape index (κ2) is 6.41. The van der Waals surface area contributed by atoms with Crippen molar-refractivity contribution >= 4 is 6.16 Å². The Kier molecular flexibility index (Phi) is 4.83. The second-order valence-corrected chi connectivity index (χ2v) is 5.10. The first-order valence-electron chi connectivity index (χ1n) is 7.11. The molecule has 2 rings (SSSR count). The predicted molar refractivity (Wildman–Crippen MR) is 73.0 cm³/mol. The molecule has 0 saturated carbocycles. The van der Waals surface area contributed by atoms with Crippen molar-refractivity contribution < 1.29 is 23.7 Å². The molecule has 2 aliphatic rings. The molecule has 0 bridgehead atoms. The average Bonchev–Trinajstić information content (AvgIpc) is 2.49. The molecule has 0 aromatic rings. The fourth-order valence-corrected chi connectivity index (χ4v) is 2.45. The normalized spacial score (nSPS) is 34.0. The van der Waals surface area contributed by atoms with E-state index in [-0.39, 0.29) is 0 Å². The highest BCUT2D eigenvalue weighted by atomic mass is 16.8. The van der Waals surface area contributed by atoms with Crippen molar-refractivity contribution in [2.75, 3.05) is 13.2 Å². The summed E-state index contributed by atoms with van der Waals surface area (Å²) < 4.78 is 21.7. The van der Waals surface area contributed by atoms with Gasteiger partial charge < -0.3 is 18.9 Å². The summed E-state index contributed by atoms with van der Waals surface area (Å²) in [5, 5.41) is 0. The number of carbonyl (C=O) groups is 1. The van der Waals surface area contributed by atoms with Gasteiger partial charge in [-0.2, -0.15) is 0 Å². The summed E-state index contributed by atoms with van der Waals surface area (Å²) in [6.07, 6.45) is 7.13. The molecule has 0 N–H and O–H groups in total. The number of ether oxygens (including phenoxy) is 4. The SMILES string of the molecule is C=CC1(OC(=O)OC2(C=C)CCCCO2)CCCCO1. The first kappa shape index (κ1) is 15.1. The van der Waals surface area contributed by atoms with Crippen molar-refractivity contribution in [2.45, 2.75) is 50.1 Å². The number of rotatable bonds is 4. The van der Waals surface area contributed by atoms with Crippen molar-refractivity contribution in [1.29, 1.82) is 0 Å². The van der Waals surface area contributed by atoms with E-state index in [1.54, 1.807) is 0 Å². The van der Waals surface area contributed by atoms with Crippen LogP contribution in [0.4, 0.5) is 4.79 Å². The Morgan fingerprint density at radius 2 is 1.35 bits per heavy atom. The van der Waals surface area contributed by atoms with Gasteiger partial charge in [-0.1, -0.05) is 13.2 Å². The van der Waals surface area contributed by atoms with Crippen LogP contribution in [0, 0.1) is 0 Å². The highest BCUT2D eigenvalue weighted by molar-refractivity contribution is 5.61. The predicted octanol–water partition coefficient (Wildman–Crippen LogP) is 3.31. The quantitative estimate of drug-likeness (QED) is 0.585. The molecule has 2 atom stereocenters. The van der Waals surface area contributed by atoms with Crippen LogP contribution < -0.4 is 0 Å². The Morgan fingerprint density at radius 3 is 1.65 bits per heavy atom. The molecule has 2 aliphatic heterocycles. The van der Waals surface area contributed by atoms with Crippen molar-refractivity contribution in [2.24, 2.45) is 0 Å². The van der Waals surface area contributed by atoms with Gasteiger partial charge in [0, 0.05) is 12.8 Å². The van der Waals surface area contributed by atoms with Crippen LogP contribution in [0.5, 0.6) is 0 Å². The summed E-state index contributed by atoms with van der Waals surface area (Å²) in [6.45, 7) is 8.46. The van der Waals surface area contributed by atoms with E-state index < -0.39 is 17.7 Å². The fraction of sp³-hybridized carbons (Fsp3) is 0.667. The molecule has 2 saturated heterocycles. The summed E-state index contributed by atoms with van der Waals surface area (Å²) >= 11 is 0. The van der Waals surface area contributed by atoms with Crippen LogP contribution in [0.25, 0.3) is 0 Å². The van der Waals surface area contributed by atoms with Crippen LogP contribution in [0.3, 0.4) is 0 Å². The van der Waals surface area contributed by atoms with Gasteiger partial charge in [-0.15, -0.1) is 0 Å². The molecular formula is C15H22O5. The standard InChI is InChI=1S/C15H22O5/c1-3-14(9-5-7-11-17-14)19-13(16)20-15(4-2)10-6-8-12-18-15/h3-4H,1-2,5-12H2. The summed E-state index contributed by atoms with van der Waals surface area (Å²) in [7, 11) is 0. The van der Waals surface area contributed by atoms with Gasteiger partial charge in [0.2, 0.25) is 11.6 Å². The van der Waals surface area contributed by atoms with E-state index in [9.17, 15) is 4.79 Å². The minimum atomic E-state index is -1.08. The lowest BCUT2D eigenvalue weighted by Gasteiger charge is -2.36. The largest absolute Gasteiger partial charge is 0.513 e. The lowest BCUT2D eigenvalue weighted by molar-refractivity contribution is -0.239. The maximum atomic E-state index is 12.0. The summed E-state index contributed by atoms with van der Waals surface area (Å²) in [5.74, 6) is -2.15. The summed E-state index contributed by atoms with van der Waals surface area (Å²) in [5.41, 5.74) is 0. The molecule has 0 amide bonds. The van der Waals surface area contributed by atoms with E-state index in [4.69, 9.17) is 18.9 Å². The van der Waals surface area contributed by atoms with Gasteiger partial charge in [-0.05, 0) is 37.8 Å². The minimum absolute atomic E-state index is 0.544. The zero-order chi connectivity index (χ0) is 14.5. The van der Waals surface area contributed by atoms with Crippen LogP contribution >= 0.6 is 0 Å². The molecule has 0 aliphatic carbocycles. The minimum Gasteiger partial charge on any atom is -0.398 e. The van der Waals surface area contributed by atoms with Crippen LogP contribution in [-0.2, 0) is 18.9 Å². The van der Waals surface area contributed by atoms with Gasteiger partial charge >= 0.3 is 6.16 Å². The van der Waals surface area contributed by atoms with Gasteiger partial charge in [0.1, 0.15) is 0 Å². The third-order valence-electron chi connectivity index (χ3n) is 3.67. The molecule has 20 heavy (non-hydrogen) atoms. The molecule has 2 unspecified atom stereocenters. The number of hydrogen-bond acceptors (Lipinski definition) is 5. The lowest BCUT2D eigenvalue weighted by Crippen LogP contribution is -2.44. The van der Waals surface area contributed by atoms with Crippen molar-refractivity contribution in [3.8, 4) is 0 Å². The smallest absolute Gasteiger partial charge is 0.398 e. The molecule has 5 nitrogen and oxygen atoms in total. The van der Waals surface area contributed by atoms with Crippen LogP contribution in [-0.4, -0.2) is 30.9 Å². The molecule has 0 radical (unpaired) electrons. The van der Waals surface area contributed by atoms with Crippen LogP contribution in [0.2, 0.25) is 0 Å². The average molecular weight is 282 g/mol. The second-order valence-electron chi connectivity index (χ2n) is 5.10. The van der Waals surface area contributed by atoms with E-state index in [2.05, 4.69) is 13.2 Å². The maximum Gasteiger partial charge on any atom is 0.513 e. The Labute approximate surface area is 119 Å². The Hall–Kier alpha value is -1.33. The van der Waals surface area contributed by atoms with E-state index in [0.717, 1.165) is 25.7 Å². The maximum absolute atomic E-state index is 12.0. The van der Waals surface area contributed by atoms with Gasteiger partial charge in [0.05, 0.1) is 13.2 Å². The van der Waals surface area contributed by atoms with Gasteiger partial charge in [-0.3, -0.25) is 0 Å². The Balaban J connectivity index is 1.96.